The van der Waals surface area contributed by atoms with Crippen LogP contribution in [-0.4, -0.2) is 10.1 Å². The average Bonchev–Trinajstić information content (AvgIpc) is 2.79. The second-order valence-corrected chi connectivity index (χ2v) is 7.09. The molecule has 3 heteroatoms. The molecule has 0 saturated heterocycles. The van der Waals surface area contributed by atoms with Crippen molar-refractivity contribution in [3.8, 4) is 5.75 Å². The fourth-order valence-corrected chi connectivity index (χ4v) is 3.87. The van der Waals surface area contributed by atoms with Gasteiger partial charge in [0.15, 0.2) is 0 Å². The maximum absolute atomic E-state index is 11.1. The van der Waals surface area contributed by atoms with Gasteiger partial charge in [0.25, 0.3) is 0 Å². The summed E-state index contributed by atoms with van der Waals surface area (Å²) in [7, 11) is 0. The van der Waals surface area contributed by atoms with Gasteiger partial charge in [0.05, 0.1) is 6.04 Å². The molecule has 0 radical (unpaired) electrons. The summed E-state index contributed by atoms with van der Waals surface area (Å²) in [6.45, 7) is 0. The number of phenolic OH excluding ortho intramolecular Hbond substituents is 1. The third kappa shape index (κ3) is 3.17. The predicted molar refractivity (Wildman–Crippen MR) is 119 cm³/mol. The molecule has 0 spiro atoms. The van der Waals surface area contributed by atoms with E-state index in [1.807, 2.05) is 54.6 Å². The van der Waals surface area contributed by atoms with Crippen LogP contribution < -0.4 is 5.32 Å². The molecule has 0 saturated carbocycles. The van der Waals surface area contributed by atoms with Crippen LogP contribution in [0.15, 0.2) is 103 Å². The Morgan fingerprint density at radius 1 is 0.690 bits per heavy atom. The van der Waals surface area contributed by atoms with Crippen LogP contribution in [-0.2, 0) is 0 Å². The lowest BCUT2D eigenvalue weighted by Crippen LogP contribution is -2.13. The van der Waals surface area contributed by atoms with E-state index >= 15 is 0 Å². The van der Waals surface area contributed by atoms with Crippen LogP contribution in [0.3, 0.4) is 0 Å². The molecule has 2 N–H and O–H groups in total. The van der Waals surface area contributed by atoms with Gasteiger partial charge in [-0.05, 0) is 23.1 Å². The lowest BCUT2D eigenvalue weighted by atomic mass is 9.95. The van der Waals surface area contributed by atoms with Gasteiger partial charge in [-0.2, -0.15) is 0 Å². The summed E-state index contributed by atoms with van der Waals surface area (Å²) < 4.78 is 0. The molecule has 0 bridgehead atoms. The van der Waals surface area contributed by atoms with Gasteiger partial charge in [0, 0.05) is 28.2 Å². The first-order chi connectivity index (χ1) is 14.3. The largest absolute Gasteiger partial charge is 0.505 e. The van der Waals surface area contributed by atoms with Crippen molar-refractivity contribution in [2.24, 2.45) is 0 Å². The van der Waals surface area contributed by atoms with E-state index in [2.05, 4.69) is 52.8 Å². The molecule has 3 nitrogen and oxygen atoms in total. The fourth-order valence-electron chi connectivity index (χ4n) is 3.87. The van der Waals surface area contributed by atoms with Crippen molar-refractivity contribution in [3.63, 3.8) is 0 Å². The van der Waals surface area contributed by atoms with Crippen LogP contribution in [0.4, 0.5) is 5.69 Å². The van der Waals surface area contributed by atoms with E-state index in [0.29, 0.717) is 5.52 Å². The molecular weight excluding hydrogens is 356 g/mol. The van der Waals surface area contributed by atoms with Gasteiger partial charge in [-0.25, -0.2) is 0 Å². The number of benzene rings is 4. The molecule has 1 atom stereocenters. The molecule has 0 amide bonds. The third-order valence-corrected chi connectivity index (χ3v) is 5.31. The van der Waals surface area contributed by atoms with Crippen molar-refractivity contribution in [2.45, 2.75) is 6.04 Å². The summed E-state index contributed by atoms with van der Waals surface area (Å²) >= 11 is 0. The van der Waals surface area contributed by atoms with E-state index in [-0.39, 0.29) is 11.8 Å². The molecule has 1 heterocycles. The first-order valence-corrected chi connectivity index (χ1v) is 9.67. The molecule has 0 fully saturated rings. The Morgan fingerprint density at radius 3 is 2.34 bits per heavy atom. The van der Waals surface area contributed by atoms with Crippen molar-refractivity contribution in [3.05, 3.63) is 114 Å². The van der Waals surface area contributed by atoms with E-state index in [1.54, 1.807) is 6.20 Å². The van der Waals surface area contributed by atoms with Gasteiger partial charge < -0.3 is 10.4 Å². The Hall–Kier alpha value is -3.85. The second kappa shape index (κ2) is 7.28. The molecular formula is C26H20N2O. The SMILES string of the molecule is Oc1c([C@@H](Nc2cccc3ccccc23)c2ccccc2)ccc2cccnc12. The number of pyridine rings is 1. The first kappa shape index (κ1) is 17.3. The maximum Gasteiger partial charge on any atom is 0.147 e. The van der Waals surface area contributed by atoms with Crippen molar-refractivity contribution < 1.29 is 5.11 Å². The summed E-state index contributed by atoms with van der Waals surface area (Å²) in [5, 5.41) is 18.0. The number of nitrogens with one attached hydrogen (secondary N) is 1. The maximum atomic E-state index is 11.1. The minimum absolute atomic E-state index is 0.213. The van der Waals surface area contributed by atoms with E-state index < -0.39 is 0 Å². The highest BCUT2D eigenvalue weighted by Gasteiger charge is 2.20. The standard InChI is InChI=1S/C26H20N2O/c29-26-22(16-15-20-12-7-17-27-25(20)26)24(19-9-2-1-3-10-19)28-23-14-6-11-18-8-4-5-13-21(18)23/h1-17,24,28-29H/t24-/m0/s1. The molecule has 0 aliphatic rings. The van der Waals surface area contributed by atoms with Crippen molar-refractivity contribution in [1.82, 2.24) is 4.98 Å². The Bertz CT molecular complexity index is 1290. The molecule has 29 heavy (non-hydrogen) atoms. The molecule has 0 aliphatic carbocycles. The van der Waals surface area contributed by atoms with Crippen LogP contribution in [0.1, 0.15) is 17.2 Å². The lowest BCUT2D eigenvalue weighted by Gasteiger charge is -2.23. The zero-order valence-electron chi connectivity index (χ0n) is 15.8. The number of nitrogens with zero attached hydrogens (tertiary/aromatic N) is 1. The van der Waals surface area contributed by atoms with E-state index in [0.717, 1.165) is 27.6 Å². The molecule has 1 aromatic heterocycles. The Labute approximate surface area is 169 Å². The third-order valence-electron chi connectivity index (χ3n) is 5.31. The van der Waals surface area contributed by atoms with Gasteiger partial charge in [0.1, 0.15) is 11.3 Å². The van der Waals surface area contributed by atoms with Gasteiger partial charge in [-0.3, -0.25) is 4.98 Å². The van der Waals surface area contributed by atoms with E-state index in [1.165, 1.54) is 5.39 Å². The highest BCUT2D eigenvalue weighted by Crippen LogP contribution is 2.37. The summed E-state index contributed by atoms with van der Waals surface area (Å²) in [6, 6.07) is 32.3. The summed E-state index contributed by atoms with van der Waals surface area (Å²) in [6.07, 6.45) is 1.71. The highest BCUT2D eigenvalue weighted by molar-refractivity contribution is 5.94. The minimum Gasteiger partial charge on any atom is -0.505 e. The zero-order chi connectivity index (χ0) is 19.6. The lowest BCUT2D eigenvalue weighted by molar-refractivity contribution is 0.472. The van der Waals surface area contributed by atoms with E-state index in [9.17, 15) is 5.11 Å². The number of aromatic nitrogens is 1. The summed E-state index contributed by atoms with van der Waals surface area (Å²) in [5.74, 6) is 0.213. The average molecular weight is 376 g/mol. The van der Waals surface area contributed by atoms with Crippen LogP contribution in [0.2, 0.25) is 0 Å². The minimum atomic E-state index is -0.214. The number of hydrogen-bond donors (Lipinski definition) is 2. The molecule has 140 valence electrons. The number of aromatic hydroxyl groups is 1. The summed E-state index contributed by atoms with van der Waals surface area (Å²) in [5.41, 5.74) is 3.52. The molecule has 5 rings (SSSR count). The first-order valence-electron chi connectivity index (χ1n) is 9.67. The smallest absolute Gasteiger partial charge is 0.147 e. The van der Waals surface area contributed by atoms with E-state index in [4.69, 9.17) is 0 Å². The Morgan fingerprint density at radius 2 is 1.45 bits per heavy atom. The van der Waals surface area contributed by atoms with Gasteiger partial charge in [0.2, 0.25) is 0 Å². The fraction of sp³-hybridized carbons (Fsp3) is 0.0385. The number of rotatable bonds is 4. The Balaban J connectivity index is 1.68. The quantitative estimate of drug-likeness (QED) is 0.387. The molecule has 4 aromatic carbocycles. The monoisotopic (exact) mass is 376 g/mol. The topological polar surface area (TPSA) is 45.1 Å². The van der Waals surface area contributed by atoms with Gasteiger partial charge >= 0.3 is 0 Å². The second-order valence-electron chi connectivity index (χ2n) is 7.09. The molecule has 0 aliphatic heterocycles. The number of phenols is 1. The van der Waals surface area contributed by atoms with Crippen LogP contribution >= 0.6 is 0 Å². The van der Waals surface area contributed by atoms with Crippen molar-refractivity contribution in [1.29, 1.82) is 0 Å². The highest BCUT2D eigenvalue weighted by atomic mass is 16.3. The number of hydrogen-bond acceptors (Lipinski definition) is 3. The Kier molecular flexibility index (Phi) is 4.34. The van der Waals surface area contributed by atoms with Gasteiger partial charge in [-0.15, -0.1) is 0 Å². The van der Waals surface area contributed by atoms with Gasteiger partial charge in [-0.1, -0.05) is 84.9 Å². The van der Waals surface area contributed by atoms with Crippen LogP contribution in [0.25, 0.3) is 21.7 Å². The number of anilines is 1. The van der Waals surface area contributed by atoms with Crippen LogP contribution in [0, 0.1) is 0 Å². The van der Waals surface area contributed by atoms with Crippen LogP contribution in [0.5, 0.6) is 5.75 Å². The van der Waals surface area contributed by atoms with Crippen molar-refractivity contribution in [2.75, 3.05) is 5.32 Å². The summed E-state index contributed by atoms with van der Waals surface area (Å²) in [4.78, 5) is 4.40. The number of fused-ring (bicyclic) bond motifs is 2. The predicted octanol–water partition coefficient (Wildman–Crippen LogP) is 6.30. The molecule has 0 unspecified atom stereocenters. The zero-order valence-corrected chi connectivity index (χ0v) is 15.8. The van der Waals surface area contributed by atoms with Crippen molar-refractivity contribution >= 4 is 27.4 Å². The normalized spacial score (nSPS) is 12.1. The molecule has 5 aromatic rings.